The number of hydrogen-bond acceptors (Lipinski definition) is 5. The second-order valence-electron chi connectivity index (χ2n) is 5.48. The molecule has 2 aromatic rings. The highest BCUT2D eigenvalue weighted by molar-refractivity contribution is 6.12. The fourth-order valence-corrected chi connectivity index (χ4v) is 2.63. The van der Waals surface area contributed by atoms with E-state index < -0.39 is 11.8 Å². The molecule has 2 rings (SSSR count). The van der Waals surface area contributed by atoms with E-state index in [2.05, 4.69) is 6.07 Å². The molecule has 0 amide bonds. The van der Waals surface area contributed by atoms with Crippen molar-refractivity contribution in [2.45, 2.75) is 26.7 Å². The molecule has 1 N–H and O–H groups in total. The van der Waals surface area contributed by atoms with Gasteiger partial charge in [-0.05, 0) is 43.2 Å². The zero-order valence-corrected chi connectivity index (χ0v) is 14.2. The minimum absolute atomic E-state index is 0.115. The first-order valence-electron chi connectivity index (χ1n) is 8.10. The summed E-state index contributed by atoms with van der Waals surface area (Å²) in [7, 11) is 0. The molecule has 5 heteroatoms. The Morgan fingerprint density at radius 2 is 1.88 bits per heavy atom. The van der Waals surface area contributed by atoms with Gasteiger partial charge in [-0.15, -0.1) is 0 Å². The number of benzene rings is 2. The Hall–Kier alpha value is -3.13. The average Bonchev–Trinajstić information content (AvgIpc) is 2.62. The molecular weight excluding hydrogens is 318 g/mol. The summed E-state index contributed by atoms with van der Waals surface area (Å²) < 4.78 is 5.07. The summed E-state index contributed by atoms with van der Waals surface area (Å²) in [5.74, 6) is -1.17. The first-order valence-corrected chi connectivity index (χ1v) is 8.10. The van der Waals surface area contributed by atoms with Gasteiger partial charge < -0.3 is 9.84 Å². The topological polar surface area (TPSA) is 87.4 Å². The first-order chi connectivity index (χ1) is 12.0. The largest absolute Gasteiger partial charge is 0.507 e. The molecule has 0 spiro atoms. The van der Waals surface area contributed by atoms with Gasteiger partial charge in [0, 0.05) is 5.56 Å². The van der Waals surface area contributed by atoms with Gasteiger partial charge in [0.25, 0.3) is 0 Å². The quantitative estimate of drug-likeness (QED) is 0.642. The number of phenolic OH excluding ortho intramolecular Hbond substituents is 1. The molecule has 0 atom stereocenters. The molecule has 0 heterocycles. The molecule has 0 aromatic heterocycles. The van der Waals surface area contributed by atoms with E-state index >= 15 is 0 Å². The second-order valence-corrected chi connectivity index (χ2v) is 5.48. The summed E-state index contributed by atoms with van der Waals surface area (Å²) in [5.41, 5.74) is 1.36. The summed E-state index contributed by atoms with van der Waals surface area (Å²) in [6.07, 6.45) is 1.27. The third-order valence-electron chi connectivity index (χ3n) is 3.78. The van der Waals surface area contributed by atoms with Crippen LogP contribution in [-0.2, 0) is 11.2 Å². The number of ether oxygens (including phenoxy) is 1. The normalized spacial score (nSPS) is 10.1. The lowest BCUT2D eigenvalue weighted by atomic mass is 9.92. The average molecular weight is 337 g/mol. The maximum Gasteiger partial charge on any atom is 0.338 e. The maximum absolute atomic E-state index is 12.7. The van der Waals surface area contributed by atoms with E-state index in [0.717, 1.165) is 6.42 Å². The van der Waals surface area contributed by atoms with Gasteiger partial charge >= 0.3 is 5.97 Å². The minimum atomic E-state index is -0.561. The molecule has 25 heavy (non-hydrogen) atoms. The van der Waals surface area contributed by atoms with Gasteiger partial charge in [0.2, 0.25) is 0 Å². The zero-order chi connectivity index (χ0) is 18.4. The van der Waals surface area contributed by atoms with Crippen molar-refractivity contribution in [3.63, 3.8) is 0 Å². The number of para-hydroxylation sites is 1. The molecule has 128 valence electrons. The number of phenols is 1. The third-order valence-corrected chi connectivity index (χ3v) is 3.78. The summed E-state index contributed by atoms with van der Waals surface area (Å²) in [6, 6.07) is 11.1. The first kappa shape index (κ1) is 18.2. The van der Waals surface area contributed by atoms with Crippen molar-refractivity contribution in [2.24, 2.45) is 0 Å². The van der Waals surface area contributed by atoms with E-state index in [1.807, 2.05) is 6.92 Å². The molecule has 0 saturated carbocycles. The van der Waals surface area contributed by atoms with Crippen molar-refractivity contribution in [3.8, 4) is 11.8 Å². The Bertz CT molecular complexity index is 849. The standard InChI is InChI=1S/C20H19NO4/c1-3-7-15-14(12-21)10-13(11-17(15)20(24)25-4-2)19(23)16-8-5-6-9-18(16)22/h5-6,8-11,22H,3-4,7H2,1-2H3. The number of esters is 1. The Morgan fingerprint density at radius 1 is 1.16 bits per heavy atom. The van der Waals surface area contributed by atoms with Gasteiger partial charge in [-0.2, -0.15) is 5.26 Å². The van der Waals surface area contributed by atoms with Gasteiger partial charge in [0.15, 0.2) is 5.78 Å². The van der Waals surface area contributed by atoms with E-state index in [4.69, 9.17) is 4.74 Å². The van der Waals surface area contributed by atoms with E-state index in [-0.39, 0.29) is 34.6 Å². The van der Waals surface area contributed by atoms with Crippen molar-refractivity contribution in [3.05, 3.63) is 64.2 Å². The molecule has 0 saturated heterocycles. The molecule has 0 bridgehead atoms. The van der Waals surface area contributed by atoms with Crippen molar-refractivity contribution in [1.82, 2.24) is 0 Å². The van der Waals surface area contributed by atoms with Crippen LogP contribution in [0, 0.1) is 11.3 Å². The lowest BCUT2D eigenvalue weighted by Gasteiger charge is -2.13. The van der Waals surface area contributed by atoms with Crippen LogP contribution in [0.5, 0.6) is 5.75 Å². The number of rotatable bonds is 6. The maximum atomic E-state index is 12.7. The summed E-state index contributed by atoms with van der Waals surface area (Å²) >= 11 is 0. The Kier molecular flexibility index (Phi) is 5.91. The fraction of sp³-hybridized carbons (Fsp3) is 0.250. The van der Waals surface area contributed by atoms with Gasteiger partial charge in [-0.1, -0.05) is 25.5 Å². The van der Waals surface area contributed by atoms with Gasteiger partial charge in [-0.3, -0.25) is 4.79 Å². The zero-order valence-electron chi connectivity index (χ0n) is 14.2. The van der Waals surface area contributed by atoms with Crippen molar-refractivity contribution in [1.29, 1.82) is 5.26 Å². The van der Waals surface area contributed by atoms with Gasteiger partial charge in [-0.25, -0.2) is 4.79 Å². The summed E-state index contributed by atoms with van der Waals surface area (Å²) in [4.78, 5) is 25.0. The number of aromatic hydroxyl groups is 1. The van der Waals surface area contributed by atoms with E-state index in [1.165, 1.54) is 24.3 Å². The number of ketones is 1. The van der Waals surface area contributed by atoms with Crippen LogP contribution in [0.25, 0.3) is 0 Å². The molecular formula is C20H19NO4. The number of carbonyl (C=O) groups excluding carboxylic acids is 2. The lowest BCUT2D eigenvalue weighted by Crippen LogP contribution is -2.13. The Labute approximate surface area is 146 Å². The second kappa shape index (κ2) is 8.11. The van der Waals surface area contributed by atoms with Gasteiger partial charge in [0.05, 0.1) is 29.4 Å². The molecule has 0 aliphatic carbocycles. The Morgan fingerprint density at radius 3 is 2.48 bits per heavy atom. The van der Waals surface area contributed by atoms with Crippen LogP contribution in [0.1, 0.15) is 57.7 Å². The predicted molar refractivity (Wildman–Crippen MR) is 92.6 cm³/mol. The van der Waals surface area contributed by atoms with Crippen molar-refractivity contribution in [2.75, 3.05) is 6.61 Å². The van der Waals surface area contributed by atoms with Crippen molar-refractivity contribution >= 4 is 11.8 Å². The third kappa shape index (κ3) is 3.86. The smallest absolute Gasteiger partial charge is 0.338 e. The van der Waals surface area contributed by atoms with Crippen LogP contribution in [0.2, 0.25) is 0 Å². The lowest BCUT2D eigenvalue weighted by molar-refractivity contribution is 0.0525. The minimum Gasteiger partial charge on any atom is -0.507 e. The highest BCUT2D eigenvalue weighted by Crippen LogP contribution is 2.25. The predicted octanol–water partition coefficient (Wildman–Crippen LogP) is 3.62. The SMILES string of the molecule is CCCc1c(C#N)cc(C(=O)c2ccccc2O)cc1C(=O)OCC. The highest BCUT2D eigenvalue weighted by atomic mass is 16.5. The molecule has 0 fully saturated rings. The van der Waals surface area contributed by atoms with E-state index in [0.29, 0.717) is 12.0 Å². The highest BCUT2D eigenvalue weighted by Gasteiger charge is 2.21. The monoisotopic (exact) mass is 337 g/mol. The number of carbonyl (C=O) groups is 2. The summed E-state index contributed by atoms with van der Waals surface area (Å²) in [6.45, 7) is 3.83. The van der Waals surface area contributed by atoms with Crippen LogP contribution in [0.15, 0.2) is 36.4 Å². The molecule has 0 unspecified atom stereocenters. The van der Waals surface area contributed by atoms with E-state index in [9.17, 15) is 20.0 Å². The molecule has 2 aromatic carbocycles. The van der Waals surface area contributed by atoms with Crippen LogP contribution >= 0.6 is 0 Å². The molecule has 0 aliphatic rings. The van der Waals surface area contributed by atoms with Gasteiger partial charge in [0.1, 0.15) is 5.75 Å². The number of hydrogen-bond donors (Lipinski definition) is 1. The van der Waals surface area contributed by atoms with Crippen LogP contribution in [-0.4, -0.2) is 23.5 Å². The van der Waals surface area contributed by atoms with Crippen molar-refractivity contribution < 1.29 is 19.4 Å². The summed E-state index contributed by atoms with van der Waals surface area (Å²) in [5, 5.41) is 19.3. The molecule has 0 aliphatic heterocycles. The van der Waals surface area contributed by atoms with Crippen LogP contribution in [0.3, 0.4) is 0 Å². The van der Waals surface area contributed by atoms with Crippen LogP contribution in [0.4, 0.5) is 0 Å². The molecule has 5 nitrogen and oxygen atoms in total. The van der Waals surface area contributed by atoms with E-state index in [1.54, 1.807) is 19.1 Å². The number of nitrogens with zero attached hydrogens (tertiary/aromatic N) is 1. The van der Waals surface area contributed by atoms with Crippen LogP contribution < -0.4 is 0 Å². The molecule has 0 radical (unpaired) electrons. The Balaban J connectivity index is 2.62. The fourth-order valence-electron chi connectivity index (χ4n) is 2.63. The number of nitriles is 1.